The third-order valence-electron chi connectivity index (χ3n) is 4.87. The minimum absolute atomic E-state index is 0. The van der Waals surface area contributed by atoms with Gasteiger partial charge in [0.1, 0.15) is 0 Å². The summed E-state index contributed by atoms with van der Waals surface area (Å²) in [6.07, 6.45) is 2.32. The van der Waals surface area contributed by atoms with Gasteiger partial charge in [-0.15, -0.1) is 12.4 Å². The summed E-state index contributed by atoms with van der Waals surface area (Å²) in [5, 5.41) is 3.33. The summed E-state index contributed by atoms with van der Waals surface area (Å²) in [5.41, 5.74) is 0.890. The molecule has 1 aromatic carbocycles. The largest absolute Gasteiger partial charge is 0.379 e. The summed E-state index contributed by atoms with van der Waals surface area (Å²) < 4.78 is 32.8. The number of likely N-dealkylation sites (N-methyl/N-ethyl adjacent to an activating group) is 1. The fourth-order valence-electron chi connectivity index (χ4n) is 3.49. The number of sulfonamides is 1. The molecule has 3 rings (SSSR count). The standard InChI is InChI=1S/C17H27N3O3S.ClH/c1-18-16-6-4-8-19(14-16)13-15-5-2-3-7-17(15)24(21,22)20-9-11-23-12-10-20;/h2-3,5,7,16,18H,4,6,8-14H2,1H3;1H. The van der Waals surface area contributed by atoms with E-state index in [-0.39, 0.29) is 12.4 Å². The van der Waals surface area contributed by atoms with Gasteiger partial charge in [-0.25, -0.2) is 8.42 Å². The molecule has 1 N–H and O–H groups in total. The lowest BCUT2D eigenvalue weighted by molar-refractivity contribution is 0.0730. The van der Waals surface area contributed by atoms with Crippen molar-refractivity contribution in [2.75, 3.05) is 46.4 Å². The monoisotopic (exact) mass is 389 g/mol. The highest BCUT2D eigenvalue weighted by atomic mass is 35.5. The van der Waals surface area contributed by atoms with Crippen LogP contribution in [0.4, 0.5) is 0 Å². The Labute approximate surface area is 157 Å². The van der Waals surface area contributed by atoms with Crippen LogP contribution >= 0.6 is 12.4 Å². The van der Waals surface area contributed by atoms with Crippen molar-refractivity contribution in [3.05, 3.63) is 29.8 Å². The minimum Gasteiger partial charge on any atom is -0.379 e. The first-order valence-electron chi connectivity index (χ1n) is 8.66. The number of morpholine rings is 1. The molecular formula is C17H28ClN3O3S. The molecule has 0 bridgehead atoms. The molecule has 142 valence electrons. The van der Waals surface area contributed by atoms with Crippen molar-refractivity contribution in [3.8, 4) is 0 Å². The number of nitrogens with one attached hydrogen (secondary N) is 1. The van der Waals surface area contributed by atoms with E-state index in [0.717, 1.165) is 25.1 Å². The molecule has 2 saturated heterocycles. The Hall–Kier alpha value is -0.700. The zero-order valence-corrected chi connectivity index (χ0v) is 16.3. The Kier molecular flexibility index (Phi) is 7.67. The summed E-state index contributed by atoms with van der Waals surface area (Å²) in [5.74, 6) is 0. The number of hydrogen-bond acceptors (Lipinski definition) is 5. The Morgan fingerprint density at radius 1 is 1.20 bits per heavy atom. The fourth-order valence-corrected chi connectivity index (χ4v) is 5.11. The second kappa shape index (κ2) is 9.30. The van der Waals surface area contributed by atoms with Crippen LogP contribution in [0.15, 0.2) is 29.2 Å². The number of benzene rings is 1. The summed E-state index contributed by atoms with van der Waals surface area (Å²) >= 11 is 0. The smallest absolute Gasteiger partial charge is 0.243 e. The maximum absolute atomic E-state index is 13.0. The van der Waals surface area contributed by atoms with Gasteiger partial charge in [0.15, 0.2) is 0 Å². The van der Waals surface area contributed by atoms with Gasteiger partial charge in [0.25, 0.3) is 0 Å². The first-order chi connectivity index (χ1) is 11.6. The summed E-state index contributed by atoms with van der Waals surface area (Å²) in [4.78, 5) is 2.79. The molecule has 1 atom stereocenters. The third-order valence-corrected chi connectivity index (χ3v) is 6.87. The van der Waals surface area contributed by atoms with E-state index in [9.17, 15) is 8.42 Å². The zero-order chi connectivity index (χ0) is 17.0. The predicted molar refractivity (Wildman–Crippen MR) is 101 cm³/mol. The van der Waals surface area contributed by atoms with Gasteiger partial charge in [-0.1, -0.05) is 18.2 Å². The second-order valence-electron chi connectivity index (χ2n) is 6.49. The first kappa shape index (κ1) is 20.6. The number of ether oxygens (including phenoxy) is 1. The molecule has 8 heteroatoms. The quantitative estimate of drug-likeness (QED) is 0.822. The van der Waals surface area contributed by atoms with Crippen molar-refractivity contribution < 1.29 is 13.2 Å². The lowest BCUT2D eigenvalue weighted by Crippen LogP contribution is -2.44. The lowest BCUT2D eigenvalue weighted by Gasteiger charge is -2.33. The van der Waals surface area contributed by atoms with Crippen LogP contribution in [-0.4, -0.2) is 70.1 Å². The van der Waals surface area contributed by atoms with E-state index in [2.05, 4.69) is 10.2 Å². The molecule has 0 radical (unpaired) electrons. The Balaban J connectivity index is 0.00000225. The van der Waals surface area contributed by atoms with Crippen molar-refractivity contribution in [3.63, 3.8) is 0 Å². The van der Waals surface area contributed by atoms with E-state index < -0.39 is 10.0 Å². The summed E-state index contributed by atoms with van der Waals surface area (Å²) in [7, 11) is -1.46. The van der Waals surface area contributed by atoms with E-state index in [0.29, 0.717) is 43.8 Å². The van der Waals surface area contributed by atoms with Gasteiger partial charge in [0, 0.05) is 32.2 Å². The van der Waals surface area contributed by atoms with Crippen LogP contribution in [0.2, 0.25) is 0 Å². The van der Waals surface area contributed by atoms with Crippen LogP contribution in [0.1, 0.15) is 18.4 Å². The molecular weight excluding hydrogens is 362 g/mol. The van der Waals surface area contributed by atoms with E-state index in [1.54, 1.807) is 10.4 Å². The van der Waals surface area contributed by atoms with E-state index in [1.807, 2.05) is 25.2 Å². The molecule has 2 fully saturated rings. The van der Waals surface area contributed by atoms with Crippen LogP contribution in [0, 0.1) is 0 Å². The number of hydrogen-bond donors (Lipinski definition) is 1. The van der Waals surface area contributed by atoms with E-state index in [1.165, 1.54) is 6.42 Å². The Bertz CT molecular complexity index is 650. The van der Waals surface area contributed by atoms with Crippen molar-refractivity contribution in [2.24, 2.45) is 0 Å². The highest BCUT2D eigenvalue weighted by Crippen LogP contribution is 2.23. The van der Waals surface area contributed by atoms with E-state index in [4.69, 9.17) is 4.74 Å². The van der Waals surface area contributed by atoms with Crippen LogP contribution in [0.5, 0.6) is 0 Å². The second-order valence-corrected chi connectivity index (χ2v) is 8.39. The maximum atomic E-state index is 13.0. The van der Waals surface area contributed by atoms with Crippen LogP contribution < -0.4 is 5.32 Å². The van der Waals surface area contributed by atoms with Gasteiger partial charge in [-0.05, 0) is 38.1 Å². The van der Waals surface area contributed by atoms with Gasteiger partial charge in [0.05, 0.1) is 18.1 Å². The molecule has 2 aliphatic heterocycles. The van der Waals surface area contributed by atoms with Crippen molar-refractivity contribution in [1.82, 2.24) is 14.5 Å². The average molecular weight is 390 g/mol. The maximum Gasteiger partial charge on any atom is 0.243 e. The SMILES string of the molecule is CNC1CCCN(Cc2ccccc2S(=O)(=O)N2CCOCC2)C1.Cl. The highest BCUT2D eigenvalue weighted by Gasteiger charge is 2.29. The third kappa shape index (κ3) is 4.93. The van der Waals surface area contributed by atoms with Gasteiger partial charge >= 0.3 is 0 Å². The van der Waals surface area contributed by atoms with Gasteiger partial charge < -0.3 is 10.1 Å². The number of likely N-dealkylation sites (tertiary alicyclic amines) is 1. The van der Waals surface area contributed by atoms with Gasteiger partial charge in [0.2, 0.25) is 10.0 Å². The fraction of sp³-hybridized carbons (Fsp3) is 0.647. The van der Waals surface area contributed by atoms with Crippen LogP contribution in [0.25, 0.3) is 0 Å². The molecule has 0 amide bonds. The zero-order valence-electron chi connectivity index (χ0n) is 14.7. The number of piperidine rings is 1. The average Bonchev–Trinajstić information content (AvgIpc) is 2.63. The molecule has 2 aliphatic rings. The molecule has 1 unspecified atom stereocenters. The van der Waals surface area contributed by atoms with Crippen molar-refractivity contribution in [2.45, 2.75) is 30.3 Å². The molecule has 0 spiro atoms. The van der Waals surface area contributed by atoms with E-state index >= 15 is 0 Å². The minimum atomic E-state index is -3.45. The lowest BCUT2D eigenvalue weighted by atomic mass is 10.1. The Morgan fingerprint density at radius 3 is 2.64 bits per heavy atom. The topological polar surface area (TPSA) is 61.9 Å². The van der Waals surface area contributed by atoms with Crippen molar-refractivity contribution >= 4 is 22.4 Å². The molecule has 6 nitrogen and oxygen atoms in total. The van der Waals surface area contributed by atoms with Crippen LogP contribution in [-0.2, 0) is 21.3 Å². The molecule has 0 saturated carbocycles. The predicted octanol–water partition coefficient (Wildman–Crippen LogP) is 1.31. The number of nitrogens with zero attached hydrogens (tertiary/aromatic N) is 2. The molecule has 1 aromatic rings. The summed E-state index contributed by atoms with van der Waals surface area (Å²) in [6.45, 7) is 4.46. The molecule has 2 heterocycles. The number of halogens is 1. The van der Waals surface area contributed by atoms with Crippen molar-refractivity contribution in [1.29, 1.82) is 0 Å². The molecule has 0 aromatic heterocycles. The normalized spacial score (nSPS) is 23.2. The van der Waals surface area contributed by atoms with Crippen LogP contribution in [0.3, 0.4) is 0 Å². The Morgan fingerprint density at radius 2 is 1.92 bits per heavy atom. The highest BCUT2D eigenvalue weighted by molar-refractivity contribution is 7.89. The summed E-state index contributed by atoms with van der Waals surface area (Å²) in [6, 6.07) is 7.90. The van der Waals surface area contributed by atoms with Gasteiger partial charge in [-0.2, -0.15) is 4.31 Å². The molecule has 25 heavy (non-hydrogen) atoms. The first-order valence-corrected chi connectivity index (χ1v) is 10.1. The number of rotatable bonds is 5. The van der Waals surface area contributed by atoms with Gasteiger partial charge in [-0.3, -0.25) is 4.90 Å². The molecule has 0 aliphatic carbocycles.